The van der Waals surface area contributed by atoms with E-state index in [-0.39, 0.29) is 0 Å². The molecule has 0 atom stereocenters. The monoisotopic (exact) mass is 429 g/mol. The van der Waals surface area contributed by atoms with E-state index in [0.717, 1.165) is 42.6 Å². The Balaban J connectivity index is 1.57. The lowest BCUT2D eigenvalue weighted by Crippen LogP contribution is -2.38. The maximum absolute atomic E-state index is 6.15. The van der Waals surface area contributed by atoms with Crippen LogP contribution in [0.4, 0.5) is 5.13 Å². The number of hydrogen-bond donors (Lipinski definition) is 0. The molecule has 0 radical (unpaired) electrons. The predicted molar refractivity (Wildman–Crippen MR) is 99.0 cm³/mol. The van der Waals surface area contributed by atoms with Crippen molar-refractivity contribution in [2.45, 2.75) is 38.7 Å². The van der Waals surface area contributed by atoms with Gasteiger partial charge in [0.25, 0.3) is 0 Å². The van der Waals surface area contributed by atoms with Gasteiger partial charge in [0.05, 0.1) is 3.57 Å². The highest BCUT2D eigenvalue weighted by molar-refractivity contribution is 14.1. The second-order valence-electron chi connectivity index (χ2n) is 5.82. The van der Waals surface area contributed by atoms with Crippen LogP contribution in [-0.2, 0) is 0 Å². The molecule has 22 heavy (non-hydrogen) atoms. The molecule has 1 aliphatic rings. The second-order valence-corrected chi connectivity index (χ2v) is 7.72. The molecule has 2 aromatic rings. The number of piperidine rings is 1. The molecule has 1 fully saturated rings. The Morgan fingerprint density at radius 2 is 2.00 bits per heavy atom. The first kappa shape index (κ1) is 16.0. The van der Waals surface area contributed by atoms with Crippen LogP contribution in [0.2, 0.25) is 0 Å². The summed E-state index contributed by atoms with van der Waals surface area (Å²) in [6.45, 7) is 6.24. The lowest BCUT2D eigenvalue weighted by Gasteiger charge is -2.31. The van der Waals surface area contributed by atoms with Crippen molar-refractivity contribution in [1.29, 1.82) is 0 Å². The summed E-state index contributed by atoms with van der Waals surface area (Å²) in [5, 5.41) is 1.05. The molecule has 1 aromatic carbocycles. The van der Waals surface area contributed by atoms with Crippen LogP contribution in [0.3, 0.4) is 0 Å². The van der Waals surface area contributed by atoms with E-state index in [4.69, 9.17) is 4.74 Å². The lowest BCUT2D eigenvalue weighted by molar-refractivity contribution is 0.169. The molecule has 0 aliphatic carbocycles. The van der Waals surface area contributed by atoms with Crippen LogP contribution < -0.4 is 9.64 Å². The van der Waals surface area contributed by atoms with Crippen molar-refractivity contribution < 1.29 is 4.74 Å². The van der Waals surface area contributed by atoms with E-state index in [2.05, 4.69) is 56.8 Å². The van der Waals surface area contributed by atoms with Crippen LogP contribution in [-0.4, -0.2) is 28.6 Å². The Kier molecular flexibility index (Phi) is 5.18. The van der Waals surface area contributed by atoms with E-state index in [9.17, 15) is 0 Å². The molecule has 3 rings (SSSR count). The van der Waals surface area contributed by atoms with Gasteiger partial charge < -0.3 is 9.64 Å². The van der Waals surface area contributed by atoms with Crippen molar-refractivity contribution in [2.24, 2.45) is 0 Å². The number of hydrogen-bond acceptors (Lipinski definition) is 5. The number of ether oxygens (including phenoxy) is 1. The SMILES string of the molecule is CC(C)c1nsc(N2CCC(Oc3ccccc3I)CC2)n1. The molecule has 6 heteroatoms. The third kappa shape index (κ3) is 3.71. The Bertz CT molecular complexity index is 623. The number of nitrogens with zero attached hydrogens (tertiary/aromatic N) is 3. The van der Waals surface area contributed by atoms with Gasteiger partial charge in [-0.15, -0.1) is 0 Å². The van der Waals surface area contributed by atoms with Gasteiger partial charge in [-0.3, -0.25) is 0 Å². The summed E-state index contributed by atoms with van der Waals surface area (Å²) in [5.74, 6) is 2.35. The zero-order chi connectivity index (χ0) is 15.5. The minimum atomic E-state index is 0.296. The third-order valence-corrected chi connectivity index (χ3v) is 5.47. The zero-order valence-electron chi connectivity index (χ0n) is 12.8. The first-order valence-electron chi connectivity index (χ1n) is 7.63. The van der Waals surface area contributed by atoms with E-state index in [0.29, 0.717) is 12.0 Å². The Labute approximate surface area is 149 Å². The van der Waals surface area contributed by atoms with E-state index in [1.54, 1.807) is 0 Å². The number of anilines is 1. The molecule has 0 unspecified atom stereocenters. The van der Waals surface area contributed by atoms with Crippen molar-refractivity contribution in [2.75, 3.05) is 18.0 Å². The number of halogens is 1. The summed E-state index contributed by atoms with van der Waals surface area (Å²) in [5.41, 5.74) is 0. The number of aromatic nitrogens is 2. The van der Waals surface area contributed by atoms with E-state index in [1.807, 2.05) is 18.2 Å². The van der Waals surface area contributed by atoms with Gasteiger partial charge in [0.15, 0.2) is 0 Å². The average molecular weight is 429 g/mol. The highest BCUT2D eigenvalue weighted by Crippen LogP contribution is 2.27. The smallest absolute Gasteiger partial charge is 0.205 e. The molecule has 0 amide bonds. The Hall–Kier alpha value is -0.890. The van der Waals surface area contributed by atoms with Crippen LogP contribution in [0, 0.1) is 3.57 Å². The van der Waals surface area contributed by atoms with Gasteiger partial charge >= 0.3 is 0 Å². The summed E-state index contributed by atoms with van der Waals surface area (Å²) in [7, 11) is 0. The van der Waals surface area contributed by atoms with Gasteiger partial charge in [0, 0.05) is 43.4 Å². The maximum atomic E-state index is 6.15. The Morgan fingerprint density at radius 3 is 2.64 bits per heavy atom. The quantitative estimate of drug-likeness (QED) is 0.679. The molecule has 0 bridgehead atoms. The van der Waals surface area contributed by atoms with E-state index < -0.39 is 0 Å². The first-order chi connectivity index (χ1) is 10.6. The predicted octanol–water partition coefficient (Wildman–Crippen LogP) is 4.31. The van der Waals surface area contributed by atoms with Crippen molar-refractivity contribution in [3.8, 4) is 5.75 Å². The minimum Gasteiger partial charge on any atom is -0.489 e. The van der Waals surface area contributed by atoms with Gasteiger partial charge in [-0.1, -0.05) is 26.0 Å². The zero-order valence-corrected chi connectivity index (χ0v) is 15.8. The summed E-state index contributed by atoms with van der Waals surface area (Å²) in [6, 6.07) is 8.20. The molecule has 1 aromatic heterocycles. The van der Waals surface area contributed by atoms with Crippen molar-refractivity contribution in [3.63, 3.8) is 0 Å². The molecule has 0 saturated carbocycles. The lowest BCUT2D eigenvalue weighted by atomic mass is 10.1. The second kappa shape index (κ2) is 7.12. The topological polar surface area (TPSA) is 38.2 Å². The van der Waals surface area contributed by atoms with E-state index in [1.165, 1.54) is 15.1 Å². The third-order valence-electron chi connectivity index (χ3n) is 3.79. The van der Waals surface area contributed by atoms with Gasteiger partial charge in [-0.2, -0.15) is 4.37 Å². The summed E-state index contributed by atoms with van der Waals surface area (Å²) in [4.78, 5) is 6.98. The number of benzene rings is 1. The molecule has 1 saturated heterocycles. The van der Waals surface area contributed by atoms with Gasteiger partial charge in [-0.05, 0) is 34.7 Å². The standard InChI is InChI=1S/C16H20IN3OS/c1-11(2)15-18-16(22-19-15)20-9-7-12(8-10-20)21-14-6-4-3-5-13(14)17/h3-6,11-12H,7-10H2,1-2H3. The highest BCUT2D eigenvalue weighted by Gasteiger charge is 2.23. The van der Waals surface area contributed by atoms with E-state index >= 15 is 0 Å². The fourth-order valence-corrected chi connectivity index (χ4v) is 3.85. The normalized spacial score (nSPS) is 16.3. The van der Waals surface area contributed by atoms with Gasteiger partial charge in [0.2, 0.25) is 5.13 Å². The summed E-state index contributed by atoms with van der Waals surface area (Å²) < 4.78 is 11.8. The molecule has 1 aliphatic heterocycles. The molecule has 0 spiro atoms. The van der Waals surface area contributed by atoms with Crippen LogP contribution in [0.5, 0.6) is 5.75 Å². The highest BCUT2D eigenvalue weighted by atomic mass is 127. The van der Waals surface area contributed by atoms with Crippen molar-refractivity contribution in [3.05, 3.63) is 33.7 Å². The number of rotatable bonds is 4. The number of para-hydroxylation sites is 1. The van der Waals surface area contributed by atoms with Crippen LogP contribution in [0.15, 0.2) is 24.3 Å². The molecule has 118 valence electrons. The molecular weight excluding hydrogens is 409 g/mol. The molecule has 0 N–H and O–H groups in total. The van der Waals surface area contributed by atoms with Crippen LogP contribution in [0.1, 0.15) is 38.4 Å². The minimum absolute atomic E-state index is 0.296. The molecule has 2 heterocycles. The van der Waals surface area contributed by atoms with Gasteiger partial charge in [0.1, 0.15) is 17.7 Å². The van der Waals surface area contributed by atoms with Crippen LogP contribution in [0.25, 0.3) is 0 Å². The fourth-order valence-electron chi connectivity index (χ4n) is 2.47. The summed E-state index contributed by atoms with van der Waals surface area (Å²) in [6.07, 6.45) is 2.35. The molecule has 4 nitrogen and oxygen atoms in total. The fraction of sp³-hybridized carbons (Fsp3) is 0.500. The van der Waals surface area contributed by atoms with Crippen LogP contribution >= 0.6 is 34.1 Å². The maximum Gasteiger partial charge on any atom is 0.205 e. The largest absolute Gasteiger partial charge is 0.489 e. The first-order valence-corrected chi connectivity index (χ1v) is 9.48. The van der Waals surface area contributed by atoms with Crippen molar-refractivity contribution >= 4 is 39.3 Å². The molecular formula is C16H20IN3OS. The summed E-state index contributed by atoms with van der Waals surface area (Å²) >= 11 is 3.84. The Morgan fingerprint density at radius 1 is 1.27 bits per heavy atom. The van der Waals surface area contributed by atoms with Gasteiger partial charge in [-0.25, -0.2) is 4.98 Å². The average Bonchev–Trinajstić information content (AvgIpc) is 3.00. The van der Waals surface area contributed by atoms with Crippen molar-refractivity contribution in [1.82, 2.24) is 9.36 Å².